The van der Waals surface area contributed by atoms with Crippen molar-refractivity contribution < 1.29 is 22.7 Å². The van der Waals surface area contributed by atoms with Crippen molar-refractivity contribution in [3.8, 4) is 0 Å². The van der Waals surface area contributed by atoms with Gasteiger partial charge in [0.25, 0.3) is 0 Å². The number of rotatable bonds is 9. The van der Waals surface area contributed by atoms with Gasteiger partial charge in [-0.3, -0.25) is 4.79 Å². The van der Waals surface area contributed by atoms with Crippen LogP contribution in [0.3, 0.4) is 0 Å². The molecule has 7 nitrogen and oxygen atoms in total. The summed E-state index contributed by atoms with van der Waals surface area (Å²) in [6.07, 6.45) is 3.39. The second-order valence-corrected chi connectivity index (χ2v) is 9.12. The fraction of sp³-hybridized carbons (Fsp3) is 0.250. The number of esters is 1. The van der Waals surface area contributed by atoms with Crippen LogP contribution in [0.4, 0.5) is 0 Å². The minimum Gasteiger partial charge on any atom is -0.451 e. The average Bonchev–Trinajstić information content (AvgIpc) is 3.22. The van der Waals surface area contributed by atoms with Crippen LogP contribution in [0.1, 0.15) is 36.7 Å². The van der Waals surface area contributed by atoms with Gasteiger partial charge in [-0.1, -0.05) is 44.2 Å². The molecule has 3 rings (SSSR count). The highest BCUT2D eigenvalue weighted by molar-refractivity contribution is 7.89. The van der Waals surface area contributed by atoms with Crippen molar-refractivity contribution in [3.05, 3.63) is 71.9 Å². The molecule has 0 fully saturated rings. The van der Waals surface area contributed by atoms with E-state index >= 15 is 0 Å². The van der Waals surface area contributed by atoms with Crippen LogP contribution in [0.15, 0.2) is 65.7 Å². The number of ether oxygens (including phenoxy) is 1. The standard InChI is InChI=1S/C24H26N2O5S/c1-4-26(5-2)32(29,30)19-13-10-18(11-14-19)12-15-23(27)31-17(3)24(28)21-16-25-22-9-7-6-8-20(21)22/h6-17,25H,4-5H2,1-3H3/b15-12+. The van der Waals surface area contributed by atoms with Gasteiger partial charge in [-0.2, -0.15) is 4.31 Å². The van der Waals surface area contributed by atoms with Crippen molar-refractivity contribution in [1.82, 2.24) is 9.29 Å². The van der Waals surface area contributed by atoms with E-state index in [9.17, 15) is 18.0 Å². The molecule has 168 valence electrons. The molecule has 1 aromatic heterocycles. The largest absolute Gasteiger partial charge is 0.451 e. The van der Waals surface area contributed by atoms with Crippen LogP contribution >= 0.6 is 0 Å². The first kappa shape index (κ1) is 23.4. The second kappa shape index (κ2) is 9.93. The van der Waals surface area contributed by atoms with Crippen molar-refractivity contribution in [1.29, 1.82) is 0 Å². The zero-order chi connectivity index (χ0) is 23.3. The van der Waals surface area contributed by atoms with Gasteiger partial charge in [-0.15, -0.1) is 0 Å². The van der Waals surface area contributed by atoms with Gasteiger partial charge in [0, 0.05) is 41.8 Å². The number of nitrogens with zero attached hydrogens (tertiary/aromatic N) is 1. The maximum atomic E-state index is 12.7. The molecule has 0 aliphatic carbocycles. The summed E-state index contributed by atoms with van der Waals surface area (Å²) >= 11 is 0. The van der Waals surface area contributed by atoms with Gasteiger partial charge in [0.05, 0.1) is 4.90 Å². The van der Waals surface area contributed by atoms with E-state index in [-0.39, 0.29) is 10.7 Å². The van der Waals surface area contributed by atoms with E-state index in [1.807, 2.05) is 24.3 Å². The predicted octanol–water partition coefficient (Wildman–Crippen LogP) is 4.03. The Labute approximate surface area is 187 Å². The topological polar surface area (TPSA) is 96.5 Å². The van der Waals surface area contributed by atoms with Gasteiger partial charge in [0.1, 0.15) is 0 Å². The number of carbonyl (C=O) groups excluding carboxylic acids is 2. The number of aromatic nitrogens is 1. The number of sulfonamides is 1. The van der Waals surface area contributed by atoms with Crippen LogP contribution in [0, 0.1) is 0 Å². The lowest BCUT2D eigenvalue weighted by Crippen LogP contribution is -2.30. The quantitative estimate of drug-likeness (QED) is 0.299. The molecule has 1 heterocycles. The number of carbonyl (C=O) groups is 2. The second-order valence-electron chi connectivity index (χ2n) is 7.18. The molecule has 3 aromatic rings. The molecule has 1 N–H and O–H groups in total. The molecule has 0 amide bonds. The fourth-order valence-electron chi connectivity index (χ4n) is 3.39. The van der Waals surface area contributed by atoms with Gasteiger partial charge in [0.2, 0.25) is 15.8 Å². The third kappa shape index (κ3) is 4.98. The summed E-state index contributed by atoms with van der Waals surface area (Å²) < 4.78 is 31.7. The number of Topliss-reactive ketones (excluding diaryl/α,β-unsaturated/α-hetero) is 1. The first-order valence-corrected chi connectivity index (χ1v) is 11.8. The molecule has 0 saturated heterocycles. The molecule has 2 aromatic carbocycles. The van der Waals surface area contributed by atoms with Crippen LogP contribution in [0.5, 0.6) is 0 Å². The molecule has 1 unspecified atom stereocenters. The van der Waals surface area contributed by atoms with E-state index in [1.54, 1.807) is 32.2 Å². The van der Waals surface area contributed by atoms with Crippen LogP contribution in [-0.4, -0.2) is 48.7 Å². The molecule has 32 heavy (non-hydrogen) atoms. The number of H-pyrrole nitrogens is 1. The number of nitrogens with one attached hydrogen (secondary N) is 1. The Hall–Kier alpha value is -3.23. The Morgan fingerprint density at radius 2 is 1.72 bits per heavy atom. The fourth-order valence-corrected chi connectivity index (χ4v) is 4.85. The van der Waals surface area contributed by atoms with E-state index in [2.05, 4.69) is 4.98 Å². The Kier molecular flexibility index (Phi) is 7.27. The van der Waals surface area contributed by atoms with Gasteiger partial charge < -0.3 is 9.72 Å². The minimum atomic E-state index is -3.53. The third-order valence-electron chi connectivity index (χ3n) is 5.15. The monoisotopic (exact) mass is 454 g/mol. The number of para-hydroxylation sites is 1. The van der Waals surface area contributed by atoms with E-state index in [1.165, 1.54) is 35.5 Å². The third-order valence-corrected chi connectivity index (χ3v) is 7.22. The summed E-state index contributed by atoms with van der Waals surface area (Å²) in [4.78, 5) is 28.1. The van der Waals surface area contributed by atoms with Crippen LogP contribution < -0.4 is 0 Å². The number of benzene rings is 2. The van der Waals surface area contributed by atoms with Gasteiger partial charge in [-0.05, 0) is 36.8 Å². The molecule has 0 aliphatic heterocycles. The zero-order valence-electron chi connectivity index (χ0n) is 18.2. The maximum absolute atomic E-state index is 12.7. The van der Waals surface area contributed by atoms with E-state index < -0.39 is 22.1 Å². The highest BCUT2D eigenvalue weighted by Gasteiger charge is 2.22. The van der Waals surface area contributed by atoms with E-state index in [0.717, 1.165) is 10.9 Å². The molecule has 0 bridgehead atoms. The van der Waals surface area contributed by atoms with Crippen LogP contribution in [0.25, 0.3) is 17.0 Å². The molecule has 0 spiro atoms. The number of hydrogen-bond acceptors (Lipinski definition) is 5. The Bertz CT molecular complexity index is 1240. The Morgan fingerprint density at radius 3 is 2.38 bits per heavy atom. The SMILES string of the molecule is CCN(CC)S(=O)(=O)c1ccc(/C=C/C(=O)OC(C)C(=O)c2c[nH]c3ccccc23)cc1. The predicted molar refractivity (Wildman–Crippen MR) is 124 cm³/mol. The Balaban J connectivity index is 1.64. The lowest BCUT2D eigenvalue weighted by atomic mass is 10.1. The molecule has 0 saturated carbocycles. The number of ketones is 1. The smallest absolute Gasteiger partial charge is 0.331 e. The van der Waals surface area contributed by atoms with Gasteiger partial charge in [0.15, 0.2) is 6.10 Å². The lowest BCUT2D eigenvalue weighted by Gasteiger charge is -2.18. The number of fused-ring (bicyclic) bond motifs is 1. The first-order chi connectivity index (χ1) is 15.3. The summed E-state index contributed by atoms with van der Waals surface area (Å²) in [6, 6.07) is 13.6. The Morgan fingerprint density at radius 1 is 1.06 bits per heavy atom. The number of hydrogen-bond donors (Lipinski definition) is 1. The van der Waals surface area contributed by atoms with Crippen LogP contribution in [0.2, 0.25) is 0 Å². The lowest BCUT2D eigenvalue weighted by molar-refractivity contribution is -0.140. The summed E-state index contributed by atoms with van der Waals surface area (Å²) in [5, 5.41) is 0.774. The van der Waals surface area contributed by atoms with Crippen molar-refractivity contribution in [2.45, 2.75) is 31.8 Å². The van der Waals surface area contributed by atoms with Gasteiger partial charge >= 0.3 is 5.97 Å². The van der Waals surface area contributed by atoms with Crippen LogP contribution in [-0.2, 0) is 19.6 Å². The normalized spacial score (nSPS) is 13.0. The minimum absolute atomic E-state index is 0.193. The van der Waals surface area contributed by atoms with Crippen molar-refractivity contribution >= 4 is 38.8 Å². The average molecular weight is 455 g/mol. The molecule has 0 aliphatic rings. The highest BCUT2D eigenvalue weighted by Crippen LogP contribution is 2.20. The summed E-state index contributed by atoms with van der Waals surface area (Å²) in [5.74, 6) is -0.958. The summed E-state index contributed by atoms with van der Waals surface area (Å²) in [5.41, 5.74) is 1.94. The zero-order valence-corrected chi connectivity index (χ0v) is 19.1. The van der Waals surface area contributed by atoms with Gasteiger partial charge in [-0.25, -0.2) is 13.2 Å². The summed E-state index contributed by atoms with van der Waals surface area (Å²) in [7, 11) is -3.53. The number of aromatic amines is 1. The van der Waals surface area contributed by atoms with Crippen molar-refractivity contribution in [3.63, 3.8) is 0 Å². The van der Waals surface area contributed by atoms with Crippen molar-refractivity contribution in [2.24, 2.45) is 0 Å². The molecule has 0 radical (unpaired) electrons. The highest BCUT2D eigenvalue weighted by atomic mass is 32.2. The molecule has 8 heteroatoms. The summed E-state index contributed by atoms with van der Waals surface area (Å²) in [6.45, 7) is 5.88. The molecule has 1 atom stereocenters. The first-order valence-electron chi connectivity index (χ1n) is 10.4. The van der Waals surface area contributed by atoms with Crippen molar-refractivity contribution in [2.75, 3.05) is 13.1 Å². The molecular formula is C24H26N2O5S. The molecular weight excluding hydrogens is 428 g/mol. The maximum Gasteiger partial charge on any atom is 0.331 e. The van der Waals surface area contributed by atoms with E-state index in [0.29, 0.717) is 24.2 Å². The van der Waals surface area contributed by atoms with E-state index in [4.69, 9.17) is 4.74 Å².